The Hall–Kier alpha value is -0.780. The normalized spacial score (nSPS) is 58.1. The fraction of sp³-hybridized carbons (Fsp3) is 0.947. The van der Waals surface area contributed by atoms with Crippen molar-refractivity contribution in [2.45, 2.75) is 158 Å². The highest BCUT2D eigenvalue weighted by molar-refractivity contribution is 5.29. The lowest BCUT2D eigenvalue weighted by Gasteiger charge is -2.59. The van der Waals surface area contributed by atoms with Crippen molar-refractivity contribution in [3.05, 3.63) is 11.6 Å². The topological polar surface area (TPSA) is 197 Å². The van der Waals surface area contributed by atoms with Gasteiger partial charge in [-0.25, -0.2) is 0 Å². The van der Waals surface area contributed by atoms with Gasteiger partial charge < -0.3 is 64.2 Å². The molecule has 8 aliphatic rings. The first-order chi connectivity index (χ1) is 24.2. The van der Waals surface area contributed by atoms with Crippen LogP contribution < -0.4 is 0 Å². The molecule has 3 saturated carbocycles. The molecule has 13 nitrogen and oxygen atoms in total. The van der Waals surface area contributed by atoms with Crippen molar-refractivity contribution in [1.82, 2.24) is 0 Å². The third kappa shape index (κ3) is 5.74. The molecule has 1 spiro atoms. The average Bonchev–Trinajstić information content (AvgIpc) is 3.67. The largest absolute Gasteiger partial charge is 0.394 e. The third-order valence-corrected chi connectivity index (χ3v) is 15.3. The van der Waals surface area contributed by atoms with Crippen LogP contribution in [0.3, 0.4) is 0 Å². The van der Waals surface area contributed by atoms with Gasteiger partial charge in [0.1, 0.15) is 42.7 Å². The molecule has 13 heteroatoms. The van der Waals surface area contributed by atoms with Crippen molar-refractivity contribution in [3.63, 3.8) is 0 Å². The molecule has 4 saturated heterocycles. The highest BCUT2D eigenvalue weighted by atomic mass is 16.7. The molecule has 0 bridgehead atoms. The van der Waals surface area contributed by atoms with Crippen LogP contribution in [0.2, 0.25) is 0 Å². The molecule has 4 heterocycles. The molecule has 4 aliphatic heterocycles. The van der Waals surface area contributed by atoms with Gasteiger partial charge in [0.05, 0.1) is 38.1 Å². The lowest BCUT2D eigenvalue weighted by molar-refractivity contribution is -0.337. The van der Waals surface area contributed by atoms with E-state index in [1.54, 1.807) is 0 Å². The van der Waals surface area contributed by atoms with Crippen LogP contribution in [0.15, 0.2) is 11.6 Å². The van der Waals surface area contributed by atoms with Gasteiger partial charge in [-0.1, -0.05) is 39.3 Å². The quantitative estimate of drug-likeness (QED) is 0.192. The predicted molar refractivity (Wildman–Crippen MR) is 178 cm³/mol. The van der Waals surface area contributed by atoms with Crippen molar-refractivity contribution >= 4 is 0 Å². The minimum atomic E-state index is -1.57. The number of hydrogen-bond acceptors (Lipinski definition) is 13. The zero-order chi connectivity index (χ0) is 36.2. The summed E-state index contributed by atoms with van der Waals surface area (Å²) < 4.78 is 36.7. The standard InChI is InChI=1S/C38H60O13/c1-17-5-10-38(46-16-17)18(2)28-24(51-38)13-22-27-21(7-9-37(22,28)4)36(3)8-6-20(11-19(36)12-23(27)41)47-34-32(45)30(43)33(26(15-40)49-34)50-35-31(44)29(42)25(14-39)48-35/h12,17-18,20-35,39-45H,5-11,13-16H2,1-4H3/t17-,18+,20+,21+,22+,23-,24+,25+,26-,27-,28+,29+,30-,31-,32-,33-,34-,35+,36+,37+,38-/m1/s1. The molecule has 0 aromatic rings. The number of rotatable bonds is 6. The molecule has 7 N–H and O–H groups in total. The fourth-order valence-electron chi connectivity index (χ4n) is 12.4. The minimum Gasteiger partial charge on any atom is -0.394 e. The first-order valence-corrected chi connectivity index (χ1v) is 19.5. The van der Waals surface area contributed by atoms with Gasteiger partial charge in [-0.2, -0.15) is 0 Å². The zero-order valence-corrected chi connectivity index (χ0v) is 30.3. The summed E-state index contributed by atoms with van der Waals surface area (Å²) in [6.45, 7) is 9.02. The molecule has 0 aromatic heterocycles. The maximum absolute atomic E-state index is 11.9. The van der Waals surface area contributed by atoms with Crippen LogP contribution in [0.25, 0.3) is 0 Å². The van der Waals surface area contributed by atoms with Crippen molar-refractivity contribution in [3.8, 4) is 0 Å². The highest BCUT2D eigenvalue weighted by Crippen LogP contribution is 2.70. The number of hydrogen-bond donors (Lipinski definition) is 7. The van der Waals surface area contributed by atoms with Crippen molar-refractivity contribution < 1.29 is 64.2 Å². The molecule has 21 atom stereocenters. The summed E-state index contributed by atoms with van der Waals surface area (Å²) >= 11 is 0. The molecule has 0 unspecified atom stereocenters. The van der Waals surface area contributed by atoms with E-state index in [0.717, 1.165) is 50.7 Å². The predicted octanol–water partition coefficient (Wildman–Crippen LogP) is 0.972. The molecular formula is C38H60O13. The Morgan fingerprint density at radius 2 is 1.51 bits per heavy atom. The average molecular weight is 725 g/mol. The second-order valence-corrected chi connectivity index (χ2v) is 17.9. The Morgan fingerprint density at radius 3 is 2.20 bits per heavy atom. The molecule has 7 fully saturated rings. The van der Waals surface area contributed by atoms with Crippen molar-refractivity contribution in [2.24, 2.45) is 46.3 Å². The second-order valence-electron chi connectivity index (χ2n) is 17.9. The van der Waals surface area contributed by atoms with Crippen LogP contribution in [0.1, 0.15) is 79.1 Å². The first-order valence-electron chi connectivity index (χ1n) is 19.5. The van der Waals surface area contributed by atoms with Crippen LogP contribution in [0.4, 0.5) is 0 Å². The summed E-state index contributed by atoms with van der Waals surface area (Å²) in [5, 5.41) is 74.0. The number of fused-ring (bicyclic) bond motifs is 7. The summed E-state index contributed by atoms with van der Waals surface area (Å²) in [6.07, 6.45) is -3.61. The molecular weight excluding hydrogens is 664 g/mol. The van der Waals surface area contributed by atoms with Crippen LogP contribution >= 0.6 is 0 Å². The van der Waals surface area contributed by atoms with Crippen LogP contribution in [0, 0.1) is 46.3 Å². The van der Waals surface area contributed by atoms with E-state index in [2.05, 4.69) is 33.8 Å². The molecule has 8 rings (SSSR count). The minimum absolute atomic E-state index is 0.0760. The molecule has 0 aromatic carbocycles. The van der Waals surface area contributed by atoms with Crippen LogP contribution in [-0.4, -0.2) is 135 Å². The zero-order valence-electron chi connectivity index (χ0n) is 30.3. The van der Waals surface area contributed by atoms with E-state index in [-0.39, 0.29) is 29.0 Å². The van der Waals surface area contributed by atoms with Crippen LogP contribution in [-0.2, 0) is 28.4 Å². The molecule has 51 heavy (non-hydrogen) atoms. The van der Waals surface area contributed by atoms with E-state index in [1.807, 2.05) is 0 Å². The van der Waals surface area contributed by atoms with Gasteiger partial charge in [-0.15, -0.1) is 0 Å². The molecule has 4 aliphatic carbocycles. The Kier molecular flexibility index (Phi) is 9.80. The van der Waals surface area contributed by atoms with E-state index in [0.29, 0.717) is 42.4 Å². The number of ether oxygens (including phenoxy) is 6. The van der Waals surface area contributed by atoms with Gasteiger partial charge in [0.2, 0.25) is 0 Å². The molecule has 290 valence electrons. The van der Waals surface area contributed by atoms with Gasteiger partial charge in [-0.3, -0.25) is 0 Å². The summed E-state index contributed by atoms with van der Waals surface area (Å²) in [5.74, 6) is 1.66. The second kappa shape index (κ2) is 13.5. The van der Waals surface area contributed by atoms with Gasteiger partial charge in [-0.05, 0) is 85.4 Å². The summed E-state index contributed by atoms with van der Waals surface area (Å²) in [5.41, 5.74) is 1.14. The maximum Gasteiger partial charge on any atom is 0.187 e. The van der Waals surface area contributed by atoms with Gasteiger partial charge in [0.15, 0.2) is 18.4 Å². The molecule has 0 radical (unpaired) electrons. The van der Waals surface area contributed by atoms with E-state index in [1.165, 1.54) is 0 Å². The maximum atomic E-state index is 11.9. The molecule has 0 amide bonds. The Labute approximate surface area is 300 Å². The smallest absolute Gasteiger partial charge is 0.187 e. The summed E-state index contributed by atoms with van der Waals surface area (Å²) in [6, 6.07) is 0. The Bertz CT molecular complexity index is 1300. The van der Waals surface area contributed by atoms with E-state index < -0.39 is 80.4 Å². The van der Waals surface area contributed by atoms with Crippen LogP contribution in [0.5, 0.6) is 0 Å². The summed E-state index contributed by atoms with van der Waals surface area (Å²) in [4.78, 5) is 0. The fourth-order valence-corrected chi connectivity index (χ4v) is 12.4. The number of aliphatic hydroxyl groups excluding tert-OH is 7. The Morgan fingerprint density at radius 1 is 0.804 bits per heavy atom. The SMILES string of the molecule is C[C@@H]1CC[C@@]2(OC1)O[C@H]1C[C@H]3[C@@H]4[C@H](O)C=C5C[C@@H](O[C@@H]6O[C@H](CO)[C@@H](O[C@@H]7O[C@@H](CO)[C@H](O)[C@H]7O)[C@H](O)[C@H]6O)CC[C@]5(C)[C@H]4CC[C@]3(C)[C@H]1[C@@H]2C. The summed E-state index contributed by atoms with van der Waals surface area (Å²) in [7, 11) is 0. The lowest BCUT2D eigenvalue weighted by Crippen LogP contribution is -2.62. The van der Waals surface area contributed by atoms with Crippen molar-refractivity contribution in [1.29, 1.82) is 0 Å². The van der Waals surface area contributed by atoms with E-state index in [4.69, 9.17) is 28.4 Å². The number of aliphatic hydroxyl groups is 7. The highest BCUT2D eigenvalue weighted by Gasteiger charge is 2.69. The van der Waals surface area contributed by atoms with E-state index in [9.17, 15) is 35.7 Å². The monoisotopic (exact) mass is 724 g/mol. The van der Waals surface area contributed by atoms with Gasteiger partial charge in [0.25, 0.3) is 0 Å². The Balaban J connectivity index is 0.935. The van der Waals surface area contributed by atoms with E-state index >= 15 is 0 Å². The van der Waals surface area contributed by atoms with Gasteiger partial charge >= 0.3 is 0 Å². The third-order valence-electron chi connectivity index (χ3n) is 15.3. The van der Waals surface area contributed by atoms with Gasteiger partial charge in [0, 0.05) is 12.3 Å². The van der Waals surface area contributed by atoms with Crippen molar-refractivity contribution in [2.75, 3.05) is 19.8 Å². The lowest BCUT2D eigenvalue weighted by atomic mass is 9.46. The first kappa shape index (κ1) is 37.2.